The molecule has 0 saturated carbocycles. The number of rotatable bonds is 15. The van der Waals surface area contributed by atoms with Crippen LogP contribution in [0.3, 0.4) is 0 Å². The SMILES string of the molecule is C=C(C)C(=O)OCCC(O[Si](C)(O[Si](C)(C)C)O[Si](C)(C)C)[SiH](O[Si](C)(C)C)O[Si](C)(C)C. The summed E-state index contributed by atoms with van der Waals surface area (Å²) in [5, 5.41) is 0. The van der Waals surface area contributed by atoms with Crippen molar-refractivity contribution < 1.29 is 30.4 Å². The highest BCUT2D eigenvalue weighted by molar-refractivity contribution is 6.86. The van der Waals surface area contributed by atoms with Gasteiger partial charge in [-0.05, 0) is 85.5 Å². The van der Waals surface area contributed by atoms with Crippen LogP contribution in [0.5, 0.6) is 0 Å². The van der Waals surface area contributed by atoms with Gasteiger partial charge in [-0.2, -0.15) is 0 Å². The molecule has 0 aromatic carbocycles. The molecule has 0 aliphatic carbocycles. The van der Waals surface area contributed by atoms with Crippen molar-refractivity contribution in [2.75, 3.05) is 6.61 Å². The third-order valence-corrected chi connectivity index (χ3v) is 21.0. The minimum Gasteiger partial charge on any atom is -0.462 e. The molecule has 0 rings (SSSR count). The molecule has 0 radical (unpaired) electrons. The topological polar surface area (TPSA) is 72.5 Å². The zero-order chi connectivity index (χ0) is 26.5. The van der Waals surface area contributed by atoms with Gasteiger partial charge in [0.1, 0.15) is 0 Å². The smallest absolute Gasteiger partial charge is 0.462 e. The van der Waals surface area contributed by atoms with Crippen LogP contribution in [-0.2, 0) is 30.4 Å². The highest BCUT2D eigenvalue weighted by atomic mass is 28.5. The summed E-state index contributed by atoms with van der Waals surface area (Å²) in [7, 11) is -13.1. The molecule has 0 bridgehead atoms. The summed E-state index contributed by atoms with van der Waals surface area (Å²) in [6.45, 7) is 33.3. The quantitative estimate of drug-likeness (QED) is 0.144. The van der Waals surface area contributed by atoms with Gasteiger partial charge in [0.2, 0.25) is 0 Å². The van der Waals surface area contributed by atoms with Gasteiger partial charge < -0.3 is 25.6 Å². The fourth-order valence-electron chi connectivity index (χ4n) is 2.97. The lowest BCUT2D eigenvalue weighted by Gasteiger charge is -2.42. The van der Waals surface area contributed by atoms with E-state index in [0.717, 1.165) is 0 Å². The highest BCUT2D eigenvalue weighted by Crippen LogP contribution is 2.27. The zero-order valence-electron chi connectivity index (χ0n) is 23.6. The predicted octanol–water partition coefficient (Wildman–Crippen LogP) is 5.62. The lowest BCUT2D eigenvalue weighted by molar-refractivity contribution is -0.139. The second-order valence-electron chi connectivity index (χ2n) is 12.5. The fraction of sp³-hybridized carbons (Fsp3) is 0.850. The monoisotopic (exact) mass is 570 g/mol. The van der Waals surface area contributed by atoms with Gasteiger partial charge in [0.15, 0.2) is 33.3 Å². The van der Waals surface area contributed by atoms with Crippen molar-refractivity contribution in [2.45, 2.75) is 104 Å². The predicted molar refractivity (Wildman–Crippen MR) is 152 cm³/mol. The first-order valence-corrected chi connectivity index (χ1v) is 29.1. The maximum absolute atomic E-state index is 12.0. The molecule has 196 valence electrons. The molecule has 0 aromatic heterocycles. The van der Waals surface area contributed by atoms with Gasteiger partial charge in [-0.25, -0.2) is 4.79 Å². The van der Waals surface area contributed by atoms with Crippen LogP contribution in [0.15, 0.2) is 12.2 Å². The van der Waals surface area contributed by atoms with Crippen LogP contribution in [-0.4, -0.2) is 69.7 Å². The van der Waals surface area contributed by atoms with Crippen molar-refractivity contribution in [3.8, 4) is 0 Å². The Morgan fingerprint density at radius 3 is 1.45 bits per heavy atom. The number of ether oxygens (including phenoxy) is 1. The molecule has 1 unspecified atom stereocenters. The van der Waals surface area contributed by atoms with Crippen molar-refractivity contribution in [3.05, 3.63) is 12.2 Å². The maximum atomic E-state index is 12.0. The van der Waals surface area contributed by atoms with Crippen molar-refractivity contribution >= 4 is 57.3 Å². The van der Waals surface area contributed by atoms with E-state index in [1.54, 1.807) is 6.92 Å². The summed E-state index contributed by atoms with van der Waals surface area (Å²) < 4.78 is 38.7. The third kappa shape index (κ3) is 17.4. The summed E-state index contributed by atoms with van der Waals surface area (Å²) in [5.74, 6) is -0.402. The normalized spacial score (nSPS) is 15.0. The molecule has 0 aliphatic rings. The summed E-state index contributed by atoms with van der Waals surface area (Å²) >= 11 is 0. The molecule has 7 nitrogen and oxygen atoms in total. The van der Waals surface area contributed by atoms with Crippen LogP contribution in [0.2, 0.25) is 85.1 Å². The summed E-state index contributed by atoms with van der Waals surface area (Å²) in [5.41, 5.74) is 0.0204. The van der Waals surface area contributed by atoms with E-state index in [1.807, 2.05) is 6.55 Å². The fourth-order valence-corrected chi connectivity index (χ4v) is 22.5. The molecule has 33 heavy (non-hydrogen) atoms. The Kier molecular flexibility index (Phi) is 12.6. The van der Waals surface area contributed by atoms with Crippen LogP contribution >= 0.6 is 0 Å². The molecular formula is C20H50O7Si6. The lowest BCUT2D eigenvalue weighted by Crippen LogP contribution is -2.60. The molecule has 0 fully saturated rings. The molecule has 0 heterocycles. The van der Waals surface area contributed by atoms with Crippen molar-refractivity contribution in [1.82, 2.24) is 0 Å². The molecule has 0 N–H and O–H groups in total. The molecule has 1 atom stereocenters. The van der Waals surface area contributed by atoms with Crippen LogP contribution in [0, 0.1) is 0 Å². The van der Waals surface area contributed by atoms with Crippen LogP contribution in [0.25, 0.3) is 0 Å². The molecular weight excluding hydrogens is 521 g/mol. The molecule has 0 aromatic rings. The minimum absolute atomic E-state index is 0.203. The Bertz CT molecular complexity index is 615. The third-order valence-electron chi connectivity index (χ3n) is 3.58. The molecule has 0 amide bonds. The number of carbonyl (C=O) groups excluding carboxylic acids is 1. The van der Waals surface area contributed by atoms with Gasteiger partial charge in [-0.1, -0.05) is 6.58 Å². The first-order chi connectivity index (χ1) is 14.4. The number of hydrogen-bond donors (Lipinski definition) is 0. The largest absolute Gasteiger partial charge is 0.476 e. The summed E-state index contributed by atoms with van der Waals surface area (Å²) in [4.78, 5) is 12.0. The van der Waals surface area contributed by atoms with Crippen LogP contribution in [0.1, 0.15) is 13.3 Å². The summed E-state index contributed by atoms with van der Waals surface area (Å²) in [6.07, 6.45) is 0.470. The van der Waals surface area contributed by atoms with E-state index < -0.39 is 57.3 Å². The first kappa shape index (κ1) is 33.3. The maximum Gasteiger partial charge on any atom is 0.476 e. The van der Waals surface area contributed by atoms with E-state index in [4.69, 9.17) is 25.6 Å². The van der Waals surface area contributed by atoms with Crippen LogP contribution in [0.4, 0.5) is 0 Å². The van der Waals surface area contributed by atoms with Gasteiger partial charge in [-0.15, -0.1) is 0 Å². The van der Waals surface area contributed by atoms with E-state index in [2.05, 4.69) is 85.1 Å². The molecule has 0 saturated heterocycles. The van der Waals surface area contributed by atoms with E-state index >= 15 is 0 Å². The average molecular weight is 571 g/mol. The number of hydrogen-bond acceptors (Lipinski definition) is 7. The second kappa shape index (κ2) is 12.5. The summed E-state index contributed by atoms with van der Waals surface area (Å²) in [6, 6.07) is 0. The minimum atomic E-state index is -3.02. The Hall–Kier alpha value is 0.311. The lowest BCUT2D eigenvalue weighted by atomic mass is 10.4. The molecule has 0 aliphatic heterocycles. The average Bonchev–Trinajstić information content (AvgIpc) is 2.46. The zero-order valence-corrected chi connectivity index (χ0v) is 29.8. The Morgan fingerprint density at radius 2 is 1.15 bits per heavy atom. The van der Waals surface area contributed by atoms with E-state index in [1.165, 1.54) is 0 Å². The second-order valence-corrected chi connectivity index (χ2v) is 36.3. The van der Waals surface area contributed by atoms with Gasteiger partial charge in [0.25, 0.3) is 0 Å². The molecule has 13 heteroatoms. The van der Waals surface area contributed by atoms with E-state index in [-0.39, 0.29) is 12.3 Å². The van der Waals surface area contributed by atoms with E-state index in [0.29, 0.717) is 12.0 Å². The first-order valence-electron chi connectivity index (χ1n) is 11.7. The van der Waals surface area contributed by atoms with Gasteiger partial charge >= 0.3 is 24.1 Å². The van der Waals surface area contributed by atoms with Crippen molar-refractivity contribution in [1.29, 1.82) is 0 Å². The van der Waals surface area contributed by atoms with Gasteiger partial charge in [0.05, 0.1) is 12.3 Å². The Labute approximate surface area is 210 Å². The number of carbonyl (C=O) groups is 1. The molecule has 0 spiro atoms. The van der Waals surface area contributed by atoms with Crippen molar-refractivity contribution in [2.24, 2.45) is 0 Å². The Balaban J connectivity index is 6.12. The van der Waals surface area contributed by atoms with Gasteiger partial charge in [-0.3, -0.25) is 0 Å². The Morgan fingerprint density at radius 1 is 0.758 bits per heavy atom. The standard InChI is InChI=1S/C20H50O7Si6/c1-18(2)20(21)22-17-16-19(28(24-29(3,4)5)25-30(6,7)8)23-33(15,26-31(9,10)11)27-32(12,13)14/h19,28H,1,16-17H2,2-15H3. The number of esters is 1. The highest BCUT2D eigenvalue weighted by Gasteiger charge is 2.48. The van der Waals surface area contributed by atoms with Crippen molar-refractivity contribution in [3.63, 3.8) is 0 Å². The van der Waals surface area contributed by atoms with Crippen LogP contribution < -0.4 is 0 Å². The van der Waals surface area contributed by atoms with Gasteiger partial charge in [0, 0.05) is 18.5 Å². The van der Waals surface area contributed by atoms with E-state index in [9.17, 15) is 4.79 Å².